The van der Waals surface area contributed by atoms with Crippen molar-refractivity contribution in [2.45, 2.75) is 6.42 Å². The monoisotopic (exact) mass is 522 g/mol. The van der Waals surface area contributed by atoms with E-state index in [4.69, 9.17) is 28.9 Å². The lowest BCUT2D eigenvalue weighted by Gasteiger charge is -2.32. The highest BCUT2D eigenvalue weighted by atomic mass is 35.5. The SMILES string of the molecule is CN1CCN(CCNC(=O)c2ccc3c(c2)-c2cc(-c4ccc(Cl)c(Cl)c4)cc(C(N)=O)c2C3)CC1. The molecule has 6 nitrogen and oxygen atoms in total. The van der Waals surface area contributed by atoms with Crippen molar-refractivity contribution >= 4 is 35.0 Å². The molecule has 0 saturated carbocycles. The minimum atomic E-state index is -0.483. The first-order valence-electron chi connectivity index (χ1n) is 12.0. The van der Waals surface area contributed by atoms with Crippen molar-refractivity contribution in [2.75, 3.05) is 46.3 Å². The molecule has 0 atom stereocenters. The Bertz CT molecular complexity index is 1350. The van der Waals surface area contributed by atoms with E-state index in [2.05, 4.69) is 22.2 Å². The highest BCUT2D eigenvalue weighted by molar-refractivity contribution is 6.42. The molecule has 1 fully saturated rings. The molecular formula is C28H28Cl2N4O2. The molecule has 1 heterocycles. The van der Waals surface area contributed by atoms with E-state index in [0.717, 1.165) is 66.1 Å². The van der Waals surface area contributed by atoms with Gasteiger partial charge in [-0.15, -0.1) is 0 Å². The summed E-state index contributed by atoms with van der Waals surface area (Å²) in [5.74, 6) is -0.584. The number of nitrogens with zero attached hydrogens (tertiary/aromatic N) is 2. The lowest BCUT2D eigenvalue weighted by molar-refractivity contribution is 0.0940. The number of fused-ring (bicyclic) bond motifs is 3. The van der Waals surface area contributed by atoms with E-state index in [0.29, 0.717) is 34.1 Å². The van der Waals surface area contributed by atoms with Gasteiger partial charge in [0.2, 0.25) is 5.91 Å². The van der Waals surface area contributed by atoms with Gasteiger partial charge in [-0.1, -0.05) is 35.3 Å². The van der Waals surface area contributed by atoms with Crippen molar-refractivity contribution in [2.24, 2.45) is 5.73 Å². The third kappa shape index (κ3) is 5.00. The van der Waals surface area contributed by atoms with Crippen LogP contribution in [0.3, 0.4) is 0 Å². The summed E-state index contributed by atoms with van der Waals surface area (Å²) < 4.78 is 0. The summed E-state index contributed by atoms with van der Waals surface area (Å²) in [5, 5.41) is 3.96. The molecule has 5 rings (SSSR count). The fourth-order valence-corrected chi connectivity index (χ4v) is 5.28. The van der Waals surface area contributed by atoms with Gasteiger partial charge in [0.25, 0.3) is 5.91 Å². The van der Waals surface area contributed by atoms with E-state index in [9.17, 15) is 9.59 Å². The summed E-state index contributed by atoms with van der Waals surface area (Å²) >= 11 is 12.3. The first-order chi connectivity index (χ1) is 17.3. The van der Waals surface area contributed by atoms with Crippen molar-refractivity contribution < 1.29 is 9.59 Å². The average molecular weight is 523 g/mol. The number of piperazine rings is 1. The number of rotatable bonds is 6. The van der Waals surface area contributed by atoms with Crippen LogP contribution in [0.25, 0.3) is 22.3 Å². The number of halogens is 2. The lowest BCUT2D eigenvalue weighted by Crippen LogP contribution is -2.46. The molecule has 0 unspecified atom stereocenters. The fourth-order valence-electron chi connectivity index (χ4n) is 4.98. The van der Waals surface area contributed by atoms with Crippen LogP contribution in [0.2, 0.25) is 10.0 Å². The zero-order chi connectivity index (χ0) is 25.4. The third-order valence-corrected chi connectivity index (χ3v) is 7.85. The van der Waals surface area contributed by atoms with Crippen LogP contribution < -0.4 is 11.1 Å². The number of nitrogens with one attached hydrogen (secondary N) is 1. The Balaban J connectivity index is 1.40. The van der Waals surface area contributed by atoms with E-state index in [1.165, 1.54) is 0 Å². The van der Waals surface area contributed by atoms with Gasteiger partial charge in [0, 0.05) is 50.4 Å². The largest absolute Gasteiger partial charge is 0.366 e. The third-order valence-electron chi connectivity index (χ3n) is 7.11. The van der Waals surface area contributed by atoms with Crippen LogP contribution in [0.15, 0.2) is 48.5 Å². The second kappa shape index (κ2) is 10.2. The van der Waals surface area contributed by atoms with Crippen LogP contribution >= 0.6 is 23.2 Å². The smallest absolute Gasteiger partial charge is 0.251 e. The summed E-state index contributed by atoms with van der Waals surface area (Å²) in [6.45, 7) is 5.58. The van der Waals surface area contributed by atoms with Crippen LogP contribution in [-0.4, -0.2) is 67.9 Å². The van der Waals surface area contributed by atoms with Crippen LogP contribution in [0, 0.1) is 0 Å². The molecule has 8 heteroatoms. The number of carbonyl (C=O) groups excluding carboxylic acids is 2. The minimum Gasteiger partial charge on any atom is -0.366 e. The van der Waals surface area contributed by atoms with E-state index in [1.54, 1.807) is 18.2 Å². The number of carbonyl (C=O) groups is 2. The number of hydrogen-bond donors (Lipinski definition) is 2. The molecule has 3 aromatic carbocycles. The topological polar surface area (TPSA) is 78.7 Å². The molecule has 2 amide bonds. The molecule has 0 spiro atoms. The Hall–Kier alpha value is -2.90. The molecule has 1 saturated heterocycles. The van der Waals surface area contributed by atoms with Crippen molar-refractivity contribution in [3.05, 3.63) is 80.8 Å². The molecule has 36 heavy (non-hydrogen) atoms. The van der Waals surface area contributed by atoms with Crippen molar-refractivity contribution in [3.63, 3.8) is 0 Å². The molecule has 0 radical (unpaired) electrons. The van der Waals surface area contributed by atoms with Crippen LogP contribution in [0.1, 0.15) is 31.8 Å². The van der Waals surface area contributed by atoms with Crippen LogP contribution in [-0.2, 0) is 6.42 Å². The summed E-state index contributed by atoms with van der Waals surface area (Å²) in [6.07, 6.45) is 0.593. The van der Waals surface area contributed by atoms with Gasteiger partial charge in [-0.25, -0.2) is 0 Å². The van der Waals surface area contributed by atoms with Gasteiger partial charge in [-0.2, -0.15) is 0 Å². The number of likely N-dealkylation sites (N-methyl/N-ethyl adjacent to an activating group) is 1. The predicted octanol–water partition coefficient (Wildman–Crippen LogP) is 4.31. The Morgan fingerprint density at radius 1 is 0.917 bits per heavy atom. The van der Waals surface area contributed by atoms with Crippen LogP contribution in [0.5, 0.6) is 0 Å². The molecule has 3 N–H and O–H groups in total. The van der Waals surface area contributed by atoms with Gasteiger partial charge < -0.3 is 16.0 Å². The van der Waals surface area contributed by atoms with Gasteiger partial charge in [-0.3, -0.25) is 14.5 Å². The molecule has 3 aromatic rings. The summed E-state index contributed by atoms with van der Waals surface area (Å²) in [6, 6.07) is 14.9. The zero-order valence-corrected chi connectivity index (χ0v) is 21.6. The first kappa shape index (κ1) is 24.8. The van der Waals surface area contributed by atoms with Crippen molar-refractivity contribution in [3.8, 4) is 22.3 Å². The Morgan fingerprint density at radius 2 is 1.69 bits per heavy atom. The molecule has 186 valence electrons. The summed E-state index contributed by atoms with van der Waals surface area (Å²) in [5.41, 5.74) is 12.3. The molecule has 0 bridgehead atoms. The number of primary amides is 1. The van der Waals surface area contributed by atoms with Crippen LogP contribution in [0.4, 0.5) is 0 Å². The average Bonchev–Trinajstić information content (AvgIpc) is 3.24. The molecular weight excluding hydrogens is 495 g/mol. The van der Waals surface area contributed by atoms with Gasteiger partial charge in [0.15, 0.2) is 0 Å². The second-order valence-corrected chi connectivity index (χ2v) is 10.3. The second-order valence-electron chi connectivity index (χ2n) is 9.49. The van der Waals surface area contributed by atoms with Crippen molar-refractivity contribution in [1.82, 2.24) is 15.1 Å². The highest BCUT2D eigenvalue weighted by Gasteiger charge is 2.26. The summed E-state index contributed by atoms with van der Waals surface area (Å²) in [4.78, 5) is 30.0. The zero-order valence-electron chi connectivity index (χ0n) is 20.1. The molecule has 0 aromatic heterocycles. The fraction of sp³-hybridized carbons (Fsp3) is 0.286. The first-order valence-corrected chi connectivity index (χ1v) is 12.8. The van der Waals surface area contributed by atoms with E-state index in [-0.39, 0.29) is 5.91 Å². The predicted molar refractivity (Wildman–Crippen MR) is 145 cm³/mol. The minimum absolute atomic E-state index is 0.101. The molecule has 2 aliphatic rings. The Labute approximate surface area is 221 Å². The number of hydrogen-bond acceptors (Lipinski definition) is 4. The Kier molecular flexibility index (Phi) is 7.04. The van der Waals surface area contributed by atoms with Gasteiger partial charge in [0.05, 0.1) is 10.0 Å². The maximum atomic E-state index is 12.9. The number of amides is 2. The quantitative estimate of drug-likeness (QED) is 0.395. The number of benzene rings is 3. The standard InChI is InChI=1S/C28H28Cl2N4O2/c1-33-8-10-34(11-9-33)7-6-32-28(36)19-3-2-18-12-23-22(21(18)13-19)14-20(15-24(23)27(31)35)17-4-5-25(29)26(30)16-17/h2-5,13-16H,6-12H2,1H3,(H2,31,35)(H,32,36). The molecule has 1 aliphatic heterocycles. The highest BCUT2D eigenvalue weighted by Crippen LogP contribution is 2.42. The lowest BCUT2D eigenvalue weighted by atomic mass is 9.93. The normalized spacial score (nSPS) is 15.4. The molecule has 1 aliphatic carbocycles. The van der Waals surface area contributed by atoms with Gasteiger partial charge >= 0.3 is 0 Å². The maximum absolute atomic E-state index is 12.9. The van der Waals surface area contributed by atoms with Gasteiger partial charge in [-0.05, 0) is 83.2 Å². The van der Waals surface area contributed by atoms with E-state index in [1.807, 2.05) is 30.3 Å². The maximum Gasteiger partial charge on any atom is 0.251 e. The van der Waals surface area contributed by atoms with E-state index < -0.39 is 5.91 Å². The van der Waals surface area contributed by atoms with Crippen molar-refractivity contribution in [1.29, 1.82) is 0 Å². The Morgan fingerprint density at radius 3 is 2.42 bits per heavy atom. The van der Waals surface area contributed by atoms with Gasteiger partial charge in [0.1, 0.15) is 0 Å². The summed E-state index contributed by atoms with van der Waals surface area (Å²) in [7, 11) is 2.13. The van der Waals surface area contributed by atoms with E-state index >= 15 is 0 Å². The number of nitrogens with two attached hydrogens (primary N) is 1.